The molecule has 1 N–H and O–H groups in total. The number of fused-ring (bicyclic) bond motifs is 1. The summed E-state index contributed by atoms with van der Waals surface area (Å²) in [5.74, 6) is -4.08. The van der Waals surface area contributed by atoms with Gasteiger partial charge in [0.05, 0.1) is 18.5 Å². The van der Waals surface area contributed by atoms with Gasteiger partial charge in [-0.25, -0.2) is 27.1 Å². The van der Waals surface area contributed by atoms with E-state index in [4.69, 9.17) is 0 Å². The lowest BCUT2D eigenvalue weighted by Gasteiger charge is -2.39. The summed E-state index contributed by atoms with van der Waals surface area (Å²) in [6.45, 7) is 4.23. The molecule has 5 rings (SSSR count). The van der Waals surface area contributed by atoms with Crippen molar-refractivity contribution in [2.75, 3.05) is 19.6 Å². The maximum absolute atomic E-state index is 15.2. The van der Waals surface area contributed by atoms with Gasteiger partial charge in [0.1, 0.15) is 17.1 Å². The average molecular weight is 528 g/mol. The highest BCUT2D eigenvalue weighted by Crippen LogP contribution is 2.27. The second-order valence-electron chi connectivity index (χ2n) is 9.45. The molecule has 1 aliphatic rings. The summed E-state index contributed by atoms with van der Waals surface area (Å²) in [7, 11) is 0. The number of benzene rings is 2. The highest BCUT2D eigenvalue weighted by molar-refractivity contribution is 6.00. The van der Waals surface area contributed by atoms with Gasteiger partial charge in [-0.2, -0.15) is 5.10 Å². The fourth-order valence-electron chi connectivity index (χ4n) is 4.82. The highest BCUT2D eigenvalue weighted by Gasteiger charge is 2.31. The number of carbonyl (C=O) groups is 1. The molecular weight excluding hydrogens is 502 g/mol. The molecule has 4 aromatic rings. The topological polar surface area (TPSA) is 74.0 Å². The first-order chi connectivity index (χ1) is 18.2. The maximum atomic E-state index is 15.2. The smallest absolute Gasteiger partial charge is 0.259 e. The molecule has 2 aromatic heterocycles. The Hall–Kier alpha value is -3.83. The number of amides is 1. The molecule has 0 spiro atoms. The van der Waals surface area contributed by atoms with Gasteiger partial charge in [-0.1, -0.05) is 24.3 Å². The van der Waals surface area contributed by atoms with Crippen molar-refractivity contribution in [3.05, 3.63) is 88.2 Å². The Bertz CT molecular complexity index is 1520. The molecule has 1 fully saturated rings. The Morgan fingerprint density at radius 2 is 1.82 bits per heavy atom. The molecule has 1 atom stereocenters. The molecule has 1 aliphatic heterocycles. The third kappa shape index (κ3) is 4.63. The minimum absolute atomic E-state index is 0.00204. The molecule has 0 saturated carbocycles. The molecule has 3 heterocycles. The normalized spacial score (nSPS) is 16.4. The fraction of sp³-hybridized carbons (Fsp3) is 0.296. The molecule has 0 aliphatic carbocycles. The molecule has 1 amide bonds. The first kappa shape index (κ1) is 25.8. The van der Waals surface area contributed by atoms with E-state index in [1.165, 1.54) is 10.7 Å². The van der Waals surface area contributed by atoms with Crippen LogP contribution in [-0.2, 0) is 13.2 Å². The number of aryl methyl sites for hydroxylation is 1. The number of nitrogens with zero attached hydrogens (tertiary/aromatic N) is 5. The number of rotatable bonds is 5. The van der Waals surface area contributed by atoms with Crippen LogP contribution in [0.25, 0.3) is 16.9 Å². The molecule has 1 saturated heterocycles. The first-order valence-electron chi connectivity index (χ1n) is 12.1. The quantitative estimate of drug-likeness (QED) is 0.313. The van der Waals surface area contributed by atoms with Crippen molar-refractivity contribution < 1.29 is 27.5 Å². The van der Waals surface area contributed by atoms with Crippen molar-refractivity contribution in [3.8, 4) is 11.3 Å². The molecule has 0 unspecified atom stereocenters. The molecule has 198 valence electrons. The van der Waals surface area contributed by atoms with Crippen molar-refractivity contribution in [1.82, 2.24) is 24.4 Å². The molecule has 38 heavy (non-hydrogen) atoms. The number of piperazine rings is 1. The largest absolute Gasteiger partial charge is 0.392 e. The summed E-state index contributed by atoms with van der Waals surface area (Å²) in [5.41, 5.74) is 1.76. The van der Waals surface area contributed by atoms with E-state index in [1.54, 1.807) is 36.1 Å². The van der Waals surface area contributed by atoms with Gasteiger partial charge in [-0.15, -0.1) is 0 Å². The number of hydrogen-bond acceptors (Lipinski definition) is 5. The molecule has 2 aromatic carbocycles. The average Bonchev–Trinajstić information content (AvgIpc) is 3.33. The monoisotopic (exact) mass is 527 g/mol. The van der Waals surface area contributed by atoms with Gasteiger partial charge in [0.25, 0.3) is 5.91 Å². The Labute approximate surface area is 215 Å². The summed E-state index contributed by atoms with van der Waals surface area (Å²) < 4.78 is 57.8. The van der Waals surface area contributed by atoms with Gasteiger partial charge in [0.15, 0.2) is 23.1 Å². The van der Waals surface area contributed by atoms with Gasteiger partial charge in [-0.05, 0) is 25.5 Å². The summed E-state index contributed by atoms with van der Waals surface area (Å²) in [5, 5.41) is 13.5. The zero-order valence-electron chi connectivity index (χ0n) is 20.8. The summed E-state index contributed by atoms with van der Waals surface area (Å²) in [6, 6.07) is 7.82. The van der Waals surface area contributed by atoms with E-state index in [-0.39, 0.29) is 59.8 Å². The molecule has 0 radical (unpaired) electrons. The van der Waals surface area contributed by atoms with E-state index in [9.17, 15) is 23.1 Å². The Balaban J connectivity index is 1.39. The predicted octanol–water partition coefficient (Wildman–Crippen LogP) is 4.10. The van der Waals surface area contributed by atoms with Crippen LogP contribution in [0.4, 0.5) is 17.6 Å². The standard InChI is InChI=1S/C27H25F4N5O2/c1-15-12-34(13-19-9-20(28)10-22(29)24(19)31)7-8-35(15)27(38)21-11-32-36-16(2)23(30)25(33-26(21)36)18-5-3-17(14-37)4-6-18/h3-6,9-11,15,37H,7-8,12-14H2,1-2H3/t15-/m1/s1. The van der Waals surface area contributed by atoms with Crippen LogP contribution in [0.1, 0.15) is 34.1 Å². The lowest BCUT2D eigenvalue weighted by molar-refractivity contribution is 0.0474. The van der Waals surface area contributed by atoms with E-state index >= 15 is 4.39 Å². The van der Waals surface area contributed by atoms with Crippen molar-refractivity contribution in [1.29, 1.82) is 0 Å². The van der Waals surface area contributed by atoms with Gasteiger partial charge in [0, 0.05) is 49.4 Å². The van der Waals surface area contributed by atoms with Crippen LogP contribution >= 0.6 is 0 Å². The zero-order chi connectivity index (χ0) is 27.1. The molecule has 7 nitrogen and oxygen atoms in total. The highest BCUT2D eigenvalue weighted by atomic mass is 19.2. The number of aromatic nitrogens is 3. The Morgan fingerprint density at radius 3 is 2.50 bits per heavy atom. The number of carbonyl (C=O) groups excluding carboxylic acids is 1. The SMILES string of the molecule is Cc1c(F)c(-c2ccc(CO)cc2)nc2c(C(=O)N3CCN(Cc4cc(F)cc(F)c4F)C[C@H]3C)cnn12. The minimum Gasteiger partial charge on any atom is -0.392 e. The zero-order valence-corrected chi connectivity index (χ0v) is 20.8. The maximum Gasteiger partial charge on any atom is 0.259 e. The molecule has 0 bridgehead atoms. The van der Waals surface area contributed by atoms with Gasteiger partial charge in [-0.3, -0.25) is 9.69 Å². The predicted molar refractivity (Wildman–Crippen MR) is 131 cm³/mol. The van der Waals surface area contributed by atoms with Crippen LogP contribution < -0.4 is 0 Å². The summed E-state index contributed by atoms with van der Waals surface area (Å²) in [6.07, 6.45) is 1.36. The van der Waals surface area contributed by atoms with Crippen LogP contribution in [0.3, 0.4) is 0 Å². The number of halogens is 4. The van der Waals surface area contributed by atoms with E-state index < -0.39 is 23.3 Å². The van der Waals surface area contributed by atoms with Gasteiger partial charge in [0.2, 0.25) is 0 Å². The minimum atomic E-state index is -1.24. The van der Waals surface area contributed by atoms with E-state index in [0.717, 1.165) is 6.07 Å². The van der Waals surface area contributed by atoms with Crippen LogP contribution in [-0.4, -0.2) is 61.1 Å². The van der Waals surface area contributed by atoms with Crippen LogP contribution in [0.5, 0.6) is 0 Å². The first-order valence-corrected chi connectivity index (χ1v) is 12.1. The number of hydrogen-bond donors (Lipinski definition) is 1. The molecular formula is C27H25F4N5O2. The number of aliphatic hydroxyl groups is 1. The van der Waals surface area contributed by atoms with Crippen molar-refractivity contribution in [3.63, 3.8) is 0 Å². The van der Waals surface area contributed by atoms with Gasteiger partial charge < -0.3 is 10.0 Å². The van der Waals surface area contributed by atoms with Crippen molar-refractivity contribution in [2.24, 2.45) is 0 Å². The lowest BCUT2D eigenvalue weighted by atomic mass is 10.1. The van der Waals surface area contributed by atoms with Crippen molar-refractivity contribution in [2.45, 2.75) is 33.0 Å². The molecule has 11 heteroatoms. The second-order valence-corrected chi connectivity index (χ2v) is 9.45. The van der Waals surface area contributed by atoms with E-state index in [1.807, 2.05) is 11.8 Å². The second kappa shape index (κ2) is 10.1. The number of aliphatic hydroxyl groups excluding tert-OH is 1. The van der Waals surface area contributed by atoms with Crippen LogP contribution in [0, 0.1) is 30.2 Å². The third-order valence-electron chi connectivity index (χ3n) is 6.88. The van der Waals surface area contributed by atoms with Crippen LogP contribution in [0.2, 0.25) is 0 Å². The van der Waals surface area contributed by atoms with E-state index in [2.05, 4.69) is 10.1 Å². The van der Waals surface area contributed by atoms with Crippen LogP contribution in [0.15, 0.2) is 42.6 Å². The van der Waals surface area contributed by atoms with Gasteiger partial charge >= 0.3 is 0 Å². The summed E-state index contributed by atoms with van der Waals surface area (Å²) >= 11 is 0. The lowest BCUT2D eigenvalue weighted by Crippen LogP contribution is -2.53. The van der Waals surface area contributed by atoms with Crippen molar-refractivity contribution >= 4 is 11.6 Å². The Kier molecular flexibility index (Phi) is 6.89. The fourth-order valence-corrected chi connectivity index (χ4v) is 4.82. The summed E-state index contributed by atoms with van der Waals surface area (Å²) in [4.78, 5) is 21.5. The Morgan fingerprint density at radius 1 is 1.08 bits per heavy atom. The van der Waals surface area contributed by atoms with E-state index in [0.29, 0.717) is 30.3 Å². The third-order valence-corrected chi connectivity index (χ3v) is 6.88.